The van der Waals surface area contributed by atoms with Crippen LogP contribution in [0.4, 0.5) is 0 Å². The van der Waals surface area contributed by atoms with Gasteiger partial charge in [0, 0.05) is 12.3 Å². The molecule has 1 atom stereocenters. The number of rotatable bonds is 8. The van der Waals surface area contributed by atoms with Crippen LogP contribution in [0.1, 0.15) is 35.4 Å². The Morgan fingerprint density at radius 3 is 2.67 bits per heavy atom. The molecule has 2 heterocycles. The van der Waals surface area contributed by atoms with Crippen molar-refractivity contribution in [3.8, 4) is 17.2 Å². The van der Waals surface area contributed by atoms with Gasteiger partial charge in [0.2, 0.25) is 0 Å². The van der Waals surface area contributed by atoms with Gasteiger partial charge in [-0.2, -0.15) is 0 Å². The maximum atomic E-state index is 9.88. The van der Waals surface area contributed by atoms with Crippen molar-refractivity contribution in [3.63, 3.8) is 0 Å². The first-order valence-electron chi connectivity index (χ1n) is 11.1. The summed E-state index contributed by atoms with van der Waals surface area (Å²) in [6, 6.07) is 14.5. The van der Waals surface area contributed by atoms with Crippen LogP contribution in [-0.2, 0) is 24.1 Å². The van der Waals surface area contributed by atoms with E-state index in [0.29, 0.717) is 17.1 Å². The Morgan fingerprint density at radius 1 is 1.12 bits per heavy atom. The molecule has 6 nitrogen and oxygen atoms in total. The molecule has 1 aromatic heterocycles. The van der Waals surface area contributed by atoms with Crippen LogP contribution in [0.15, 0.2) is 48.5 Å². The summed E-state index contributed by atoms with van der Waals surface area (Å²) in [4.78, 5) is 4.64. The van der Waals surface area contributed by atoms with Gasteiger partial charge < -0.3 is 24.3 Å². The molecule has 1 saturated heterocycles. The lowest BCUT2D eigenvalue weighted by Gasteiger charge is -2.18. The Hall–Kier alpha value is -3.16. The van der Waals surface area contributed by atoms with E-state index in [2.05, 4.69) is 15.6 Å². The van der Waals surface area contributed by atoms with Crippen LogP contribution < -0.4 is 4.74 Å². The number of phenols is 2. The normalized spacial score (nSPS) is 15.8. The summed E-state index contributed by atoms with van der Waals surface area (Å²) in [7, 11) is 1.55. The molecule has 0 amide bonds. The van der Waals surface area contributed by atoms with Gasteiger partial charge >= 0.3 is 0 Å². The van der Waals surface area contributed by atoms with Gasteiger partial charge in [0.25, 0.3) is 0 Å². The van der Waals surface area contributed by atoms with Gasteiger partial charge in [-0.05, 0) is 85.4 Å². The van der Waals surface area contributed by atoms with E-state index in [1.807, 2.05) is 36.4 Å². The number of aromatic hydroxyl groups is 2. The quantitative estimate of drug-likeness (QED) is 0.448. The minimum Gasteiger partial charge on any atom is -0.508 e. The molecule has 0 bridgehead atoms. The zero-order chi connectivity index (χ0) is 23.2. The van der Waals surface area contributed by atoms with Crippen LogP contribution in [0, 0.1) is 4.77 Å². The highest BCUT2D eigenvalue weighted by atomic mass is 32.1. The molecule has 0 aliphatic carbocycles. The van der Waals surface area contributed by atoms with E-state index < -0.39 is 0 Å². The molecule has 172 valence electrons. The lowest BCUT2D eigenvalue weighted by molar-refractivity contribution is 0.0955. The van der Waals surface area contributed by atoms with E-state index in [4.69, 9.17) is 21.7 Å². The number of methoxy groups -OCH3 is 1. The summed E-state index contributed by atoms with van der Waals surface area (Å²) in [5, 5.41) is 19.4. The fraction of sp³-hybridized carbons (Fsp3) is 0.308. The van der Waals surface area contributed by atoms with Crippen LogP contribution in [0.2, 0.25) is 0 Å². The van der Waals surface area contributed by atoms with E-state index >= 15 is 0 Å². The van der Waals surface area contributed by atoms with Crippen LogP contribution >= 0.6 is 12.2 Å². The second-order valence-corrected chi connectivity index (χ2v) is 8.50. The monoisotopic (exact) mass is 464 g/mol. The molecule has 7 heteroatoms. The standard InChI is InChI=1S/C26H28N2O4S/c1-31-25-15-19(8-13-24(25)30)5-10-21-16-20(9-4-18-6-11-22(29)12-7-18)27-26(33)28(21)17-23-3-2-14-32-23/h4,6-9,11-13,15-16,23,29-30H,2-3,5,10,14,17H2,1H3/b9-4+. The van der Waals surface area contributed by atoms with Crippen molar-refractivity contribution in [2.24, 2.45) is 0 Å². The van der Waals surface area contributed by atoms with Gasteiger partial charge in [-0.3, -0.25) is 0 Å². The van der Waals surface area contributed by atoms with Crippen LogP contribution in [0.5, 0.6) is 17.2 Å². The summed E-state index contributed by atoms with van der Waals surface area (Å²) in [6.07, 6.45) is 7.67. The average molecular weight is 465 g/mol. The summed E-state index contributed by atoms with van der Waals surface area (Å²) in [5.74, 6) is 0.838. The summed E-state index contributed by atoms with van der Waals surface area (Å²) >= 11 is 5.67. The smallest absolute Gasteiger partial charge is 0.200 e. The molecule has 33 heavy (non-hydrogen) atoms. The first-order valence-corrected chi connectivity index (χ1v) is 11.5. The number of hydrogen-bond acceptors (Lipinski definition) is 6. The van der Waals surface area contributed by atoms with Crippen molar-refractivity contribution < 1.29 is 19.7 Å². The van der Waals surface area contributed by atoms with Crippen LogP contribution in [0.25, 0.3) is 12.2 Å². The van der Waals surface area contributed by atoms with E-state index in [1.165, 1.54) is 0 Å². The lowest BCUT2D eigenvalue weighted by Crippen LogP contribution is -2.20. The third kappa shape index (κ3) is 6.00. The number of phenolic OH excluding ortho intramolecular Hbond substituents is 2. The molecular weight excluding hydrogens is 436 g/mol. The summed E-state index contributed by atoms with van der Waals surface area (Å²) < 4.78 is 13.7. The molecule has 4 rings (SSSR count). The first-order chi connectivity index (χ1) is 16.0. The number of nitrogens with zero attached hydrogens (tertiary/aromatic N) is 2. The van der Waals surface area contributed by atoms with E-state index in [1.54, 1.807) is 25.3 Å². The van der Waals surface area contributed by atoms with Crippen LogP contribution in [0.3, 0.4) is 0 Å². The van der Waals surface area contributed by atoms with Crippen molar-refractivity contribution in [3.05, 3.63) is 75.8 Å². The Kier molecular flexibility index (Phi) is 7.42. The van der Waals surface area contributed by atoms with Gasteiger partial charge in [-0.15, -0.1) is 0 Å². The highest BCUT2D eigenvalue weighted by molar-refractivity contribution is 7.71. The second kappa shape index (κ2) is 10.6. The Bertz CT molecular complexity index is 1180. The second-order valence-electron chi connectivity index (χ2n) is 8.13. The number of benzene rings is 2. The molecule has 1 fully saturated rings. The molecule has 1 unspecified atom stereocenters. The van der Waals surface area contributed by atoms with Gasteiger partial charge in [0.15, 0.2) is 16.3 Å². The molecule has 0 radical (unpaired) electrons. The Balaban J connectivity index is 1.60. The highest BCUT2D eigenvalue weighted by Gasteiger charge is 2.18. The number of ether oxygens (including phenoxy) is 2. The van der Waals surface area contributed by atoms with Crippen molar-refractivity contribution in [1.29, 1.82) is 0 Å². The molecule has 2 N–H and O–H groups in total. The van der Waals surface area contributed by atoms with Gasteiger partial charge in [0.1, 0.15) is 5.75 Å². The van der Waals surface area contributed by atoms with E-state index in [-0.39, 0.29) is 17.6 Å². The lowest BCUT2D eigenvalue weighted by atomic mass is 10.1. The molecule has 1 aliphatic heterocycles. The SMILES string of the molecule is COc1cc(CCc2cc(/C=C/c3ccc(O)cc3)nc(=S)n2CC2CCCO2)ccc1O. The van der Waals surface area contributed by atoms with E-state index in [9.17, 15) is 10.2 Å². The Labute approximate surface area is 198 Å². The third-order valence-corrected chi connectivity index (χ3v) is 6.09. The maximum absolute atomic E-state index is 9.88. The average Bonchev–Trinajstić information content (AvgIpc) is 3.33. The zero-order valence-corrected chi connectivity index (χ0v) is 19.4. The van der Waals surface area contributed by atoms with Crippen molar-refractivity contribution >= 4 is 24.4 Å². The summed E-state index contributed by atoms with van der Waals surface area (Å²) in [5.41, 5.74) is 3.91. The topological polar surface area (TPSA) is 76.7 Å². The molecular formula is C26H28N2O4S. The maximum Gasteiger partial charge on any atom is 0.200 e. The highest BCUT2D eigenvalue weighted by Crippen LogP contribution is 2.27. The minimum atomic E-state index is 0.133. The molecule has 0 saturated carbocycles. The molecule has 1 aliphatic rings. The molecule has 2 aromatic carbocycles. The predicted molar refractivity (Wildman–Crippen MR) is 131 cm³/mol. The molecule has 3 aromatic rings. The van der Waals surface area contributed by atoms with Crippen LogP contribution in [-0.4, -0.2) is 39.6 Å². The van der Waals surface area contributed by atoms with E-state index in [0.717, 1.165) is 54.8 Å². The number of hydrogen-bond donors (Lipinski definition) is 2. The van der Waals surface area contributed by atoms with Crippen molar-refractivity contribution in [2.45, 2.75) is 38.3 Å². The largest absolute Gasteiger partial charge is 0.508 e. The van der Waals surface area contributed by atoms with Gasteiger partial charge in [0.05, 0.1) is 25.5 Å². The Morgan fingerprint density at radius 2 is 1.94 bits per heavy atom. The predicted octanol–water partition coefficient (Wildman–Crippen LogP) is 5.17. The molecule has 0 spiro atoms. The number of aromatic nitrogens is 2. The van der Waals surface area contributed by atoms with Crippen molar-refractivity contribution in [1.82, 2.24) is 9.55 Å². The fourth-order valence-corrected chi connectivity index (χ4v) is 4.27. The van der Waals surface area contributed by atoms with Gasteiger partial charge in [-0.1, -0.05) is 24.3 Å². The zero-order valence-electron chi connectivity index (χ0n) is 18.6. The van der Waals surface area contributed by atoms with Gasteiger partial charge in [-0.25, -0.2) is 4.98 Å². The fourth-order valence-electron chi connectivity index (χ4n) is 3.97. The number of aryl methyl sites for hydroxylation is 2. The first kappa shape index (κ1) is 23.0. The van der Waals surface area contributed by atoms with Crippen molar-refractivity contribution in [2.75, 3.05) is 13.7 Å². The third-order valence-electron chi connectivity index (χ3n) is 5.78. The summed E-state index contributed by atoms with van der Waals surface area (Å²) in [6.45, 7) is 1.49. The minimum absolute atomic E-state index is 0.133.